The Labute approximate surface area is 76.6 Å². The summed E-state index contributed by atoms with van der Waals surface area (Å²) < 4.78 is 36.8. The average Bonchev–Trinajstić information content (AvgIpc) is 2.09. The van der Waals surface area contributed by atoms with Crippen LogP contribution in [0.2, 0.25) is 0 Å². The summed E-state index contributed by atoms with van der Waals surface area (Å²) in [6, 6.07) is 5.16. The topological polar surface area (TPSA) is 46.2 Å². The predicted octanol–water partition coefficient (Wildman–Crippen LogP) is 1.59. The van der Waals surface area contributed by atoms with Crippen LogP contribution in [-0.2, 0) is 10.0 Å². The lowest BCUT2D eigenvalue weighted by atomic mass is 10.3. The molecule has 0 aromatic heterocycles. The van der Waals surface area contributed by atoms with Gasteiger partial charge in [0.05, 0.1) is 5.75 Å². The molecule has 0 saturated heterocycles. The van der Waals surface area contributed by atoms with Crippen LogP contribution >= 0.6 is 0 Å². The normalized spacial score (nSPS) is 11.2. The third-order valence-corrected chi connectivity index (χ3v) is 2.80. The third-order valence-electron chi connectivity index (χ3n) is 1.50. The average molecular weight is 203 g/mol. The van der Waals surface area contributed by atoms with Gasteiger partial charge in [0.25, 0.3) is 0 Å². The van der Waals surface area contributed by atoms with E-state index in [1.165, 1.54) is 31.2 Å². The second-order valence-electron chi connectivity index (χ2n) is 2.51. The number of hydrogen-bond acceptors (Lipinski definition) is 2. The van der Waals surface area contributed by atoms with Crippen molar-refractivity contribution in [2.45, 2.75) is 6.92 Å². The van der Waals surface area contributed by atoms with E-state index in [1.807, 2.05) is 0 Å². The Hall–Kier alpha value is -1.10. The lowest BCUT2D eigenvalue weighted by molar-refractivity contribution is 0.602. The second kappa shape index (κ2) is 3.74. The van der Waals surface area contributed by atoms with Gasteiger partial charge in [-0.2, -0.15) is 0 Å². The molecule has 0 saturated carbocycles. The Balaban J connectivity index is 2.82. The molecule has 0 aliphatic carbocycles. The van der Waals surface area contributed by atoms with Gasteiger partial charge in [-0.1, -0.05) is 0 Å². The molecule has 72 valence electrons. The van der Waals surface area contributed by atoms with Crippen molar-refractivity contribution in [3.8, 4) is 0 Å². The van der Waals surface area contributed by atoms with E-state index in [0.717, 1.165) is 0 Å². The van der Waals surface area contributed by atoms with Crippen LogP contribution in [0, 0.1) is 5.82 Å². The molecule has 0 bridgehead atoms. The van der Waals surface area contributed by atoms with E-state index in [0.29, 0.717) is 5.69 Å². The lowest BCUT2D eigenvalue weighted by Gasteiger charge is -2.04. The first-order valence-electron chi connectivity index (χ1n) is 3.79. The highest BCUT2D eigenvalue weighted by molar-refractivity contribution is 7.92. The number of sulfonamides is 1. The first-order valence-corrected chi connectivity index (χ1v) is 5.45. The molecule has 13 heavy (non-hydrogen) atoms. The van der Waals surface area contributed by atoms with E-state index in [2.05, 4.69) is 4.72 Å². The fraction of sp³-hybridized carbons (Fsp3) is 0.250. The van der Waals surface area contributed by atoms with Crippen molar-refractivity contribution in [1.29, 1.82) is 0 Å². The van der Waals surface area contributed by atoms with E-state index in [1.54, 1.807) is 0 Å². The number of nitrogens with one attached hydrogen (secondary N) is 1. The first-order chi connectivity index (χ1) is 6.03. The predicted molar refractivity (Wildman–Crippen MR) is 49.5 cm³/mol. The standard InChI is InChI=1S/C8H10FNO2S/c1-2-13(11,12)10-8-5-3-7(9)4-6-8/h3-6,10H,2H2,1H3. The van der Waals surface area contributed by atoms with Crippen molar-refractivity contribution in [2.75, 3.05) is 10.5 Å². The zero-order valence-electron chi connectivity index (χ0n) is 7.12. The minimum absolute atomic E-state index is 0.00434. The highest BCUT2D eigenvalue weighted by atomic mass is 32.2. The molecule has 0 heterocycles. The largest absolute Gasteiger partial charge is 0.284 e. The van der Waals surface area contributed by atoms with Crippen LogP contribution in [0.3, 0.4) is 0 Å². The van der Waals surface area contributed by atoms with E-state index in [4.69, 9.17) is 0 Å². The van der Waals surface area contributed by atoms with Crippen LogP contribution in [0.5, 0.6) is 0 Å². The zero-order chi connectivity index (χ0) is 9.90. The van der Waals surface area contributed by atoms with Gasteiger partial charge in [-0.05, 0) is 31.2 Å². The van der Waals surface area contributed by atoms with Gasteiger partial charge < -0.3 is 0 Å². The van der Waals surface area contributed by atoms with Gasteiger partial charge in [0.1, 0.15) is 5.82 Å². The summed E-state index contributed by atoms with van der Waals surface area (Å²) in [5.74, 6) is -0.385. The summed E-state index contributed by atoms with van der Waals surface area (Å²) in [5, 5.41) is 0. The van der Waals surface area contributed by atoms with Gasteiger partial charge in [0.2, 0.25) is 10.0 Å². The van der Waals surface area contributed by atoms with Gasteiger partial charge in [0.15, 0.2) is 0 Å². The fourth-order valence-corrected chi connectivity index (χ4v) is 1.41. The Bertz CT molecular complexity index is 372. The van der Waals surface area contributed by atoms with Crippen molar-refractivity contribution in [1.82, 2.24) is 0 Å². The number of anilines is 1. The minimum Gasteiger partial charge on any atom is -0.284 e. The Morgan fingerprint density at radius 2 is 1.85 bits per heavy atom. The number of halogens is 1. The maximum Gasteiger partial charge on any atom is 0.232 e. The molecule has 1 N–H and O–H groups in total. The highest BCUT2D eigenvalue weighted by Crippen LogP contribution is 2.09. The molecule has 1 aromatic rings. The maximum atomic E-state index is 12.4. The van der Waals surface area contributed by atoms with E-state index >= 15 is 0 Å². The SMILES string of the molecule is CCS(=O)(=O)Nc1ccc(F)cc1. The van der Waals surface area contributed by atoms with Gasteiger partial charge >= 0.3 is 0 Å². The molecule has 0 unspecified atom stereocenters. The lowest BCUT2D eigenvalue weighted by Crippen LogP contribution is -2.14. The van der Waals surface area contributed by atoms with Crippen LogP contribution in [0.1, 0.15) is 6.92 Å². The van der Waals surface area contributed by atoms with E-state index in [9.17, 15) is 12.8 Å². The molecule has 0 spiro atoms. The van der Waals surface area contributed by atoms with Gasteiger partial charge in [-0.3, -0.25) is 4.72 Å². The summed E-state index contributed by atoms with van der Waals surface area (Å²) in [6.07, 6.45) is 0. The first kappa shape index (κ1) is 9.98. The number of rotatable bonds is 3. The quantitative estimate of drug-likeness (QED) is 0.810. The Morgan fingerprint density at radius 1 is 1.31 bits per heavy atom. The Morgan fingerprint density at radius 3 is 2.31 bits per heavy atom. The molecular formula is C8H10FNO2S. The van der Waals surface area contributed by atoms with E-state index < -0.39 is 10.0 Å². The summed E-state index contributed by atoms with van der Waals surface area (Å²) >= 11 is 0. The smallest absolute Gasteiger partial charge is 0.232 e. The minimum atomic E-state index is -3.26. The number of benzene rings is 1. The third kappa shape index (κ3) is 3.02. The molecule has 1 rings (SSSR count). The fourth-order valence-electron chi connectivity index (χ4n) is 0.770. The molecule has 0 fully saturated rings. The summed E-state index contributed by atoms with van der Waals surface area (Å²) in [6.45, 7) is 1.53. The summed E-state index contributed by atoms with van der Waals surface area (Å²) in [7, 11) is -3.26. The van der Waals surface area contributed by atoms with Gasteiger partial charge in [-0.25, -0.2) is 12.8 Å². The summed E-state index contributed by atoms with van der Waals surface area (Å²) in [4.78, 5) is 0. The number of hydrogen-bond donors (Lipinski definition) is 1. The van der Waals surface area contributed by atoms with Crippen LogP contribution < -0.4 is 4.72 Å². The van der Waals surface area contributed by atoms with Crippen molar-refractivity contribution in [3.05, 3.63) is 30.1 Å². The molecule has 0 aliphatic heterocycles. The maximum absolute atomic E-state index is 12.4. The summed E-state index contributed by atoms with van der Waals surface area (Å²) in [5.41, 5.74) is 0.378. The van der Waals surface area contributed by atoms with Crippen LogP contribution in [0.15, 0.2) is 24.3 Å². The second-order valence-corrected chi connectivity index (χ2v) is 4.52. The van der Waals surface area contributed by atoms with Crippen molar-refractivity contribution in [3.63, 3.8) is 0 Å². The van der Waals surface area contributed by atoms with E-state index in [-0.39, 0.29) is 11.6 Å². The van der Waals surface area contributed by atoms with Crippen LogP contribution in [0.4, 0.5) is 10.1 Å². The van der Waals surface area contributed by atoms with Crippen molar-refractivity contribution >= 4 is 15.7 Å². The molecule has 3 nitrogen and oxygen atoms in total. The van der Waals surface area contributed by atoms with Crippen LogP contribution in [0.25, 0.3) is 0 Å². The van der Waals surface area contributed by atoms with Gasteiger partial charge in [-0.15, -0.1) is 0 Å². The molecular weight excluding hydrogens is 193 g/mol. The monoisotopic (exact) mass is 203 g/mol. The van der Waals surface area contributed by atoms with Crippen molar-refractivity contribution < 1.29 is 12.8 Å². The Kier molecular flexibility index (Phi) is 2.87. The molecule has 0 atom stereocenters. The molecule has 5 heteroatoms. The molecule has 1 aromatic carbocycles. The van der Waals surface area contributed by atoms with Crippen LogP contribution in [-0.4, -0.2) is 14.2 Å². The molecule has 0 aliphatic rings. The highest BCUT2D eigenvalue weighted by Gasteiger charge is 2.05. The van der Waals surface area contributed by atoms with Crippen molar-refractivity contribution in [2.24, 2.45) is 0 Å². The molecule has 0 amide bonds. The zero-order valence-corrected chi connectivity index (χ0v) is 7.94. The van der Waals surface area contributed by atoms with Gasteiger partial charge in [0, 0.05) is 5.69 Å². The molecule has 0 radical (unpaired) electrons.